The summed E-state index contributed by atoms with van der Waals surface area (Å²) in [6, 6.07) is 3.86. The molecule has 3 heterocycles. The van der Waals surface area contributed by atoms with Crippen LogP contribution in [0.5, 0.6) is 5.75 Å². The Bertz CT molecular complexity index is 620. The van der Waals surface area contributed by atoms with Crippen LogP contribution in [0.25, 0.3) is 0 Å². The van der Waals surface area contributed by atoms with Gasteiger partial charge in [0.05, 0.1) is 24.0 Å². The van der Waals surface area contributed by atoms with E-state index in [2.05, 4.69) is 19.9 Å². The normalized spacial score (nSPS) is 18.3. The van der Waals surface area contributed by atoms with Crippen LogP contribution in [0.1, 0.15) is 18.5 Å². The molecule has 116 valence electrons. The van der Waals surface area contributed by atoms with Gasteiger partial charge in [0.15, 0.2) is 0 Å². The third-order valence-electron chi connectivity index (χ3n) is 3.76. The maximum atomic E-state index is 5.90. The van der Waals surface area contributed by atoms with E-state index in [0.717, 1.165) is 43.3 Å². The Labute approximate surface area is 135 Å². The molecule has 0 aliphatic carbocycles. The summed E-state index contributed by atoms with van der Waals surface area (Å²) in [6.07, 6.45) is 7.34. The monoisotopic (exact) mass is 318 g/mol. The number of pyridine rings is 1. The third kappa shape index (κ3) is 3.85. The van der Waals surface area contributed by atoms with Crippen LogP contribution < -0.4 is 9.64 Å². The molecule has 0 N–H and O–H groups in total. The van der Waals surface area contributed by atoms with Crippen molar-refractivity contribution < 1.29 is 4.74 Å². The Morgan fingerprint density at radius 1 is 1.32 bits per heavy atom. The topological polar surface area (TPSA) is 51.1 Å². The largest absolute Gasteiger partial charge is 0.493 e. The molecule has 1 unspecified atom stereocenters. The minimum Gasteiger partial charge on any atom is -0.493 e. The number of halogens is 1. The van der Waals surface area contributed by atoms with Crippen molar-refractivity contribution in [2.45, 2.75) is 19.8 Å². The summed E-state index contributed by atoms with van der Waals surface area (Å²) >= 11 is 5.84. The Kier molecular flexibility index (Phi) is 4.73. The number of rotatable bonds is 4. The van der Waals surface area contributed by atoms with E-state index in [1.165, 1.54) is 0 Å². The molecule has 3 rings (SSSR count). The highest BCUT2D eigenvalue weighted by atomic mass is 35.5. The second-order valence-corrected chi connectivity index (χ2v) is 6.04. The number of hydrogen-bond donors (Lipinski definition) is 0. The fraction of sp³-hybridized carbons (Fsp3) is 0.438. The lowest BCUT2D eigenvalue weighted by Crippen LogP contribution is -2.38. The molecule has 6 heteroatoms. The van der Waals surface area contributed by atoms with Gasteiger partial charge in [-0.05, 0) is 25.8 Å². The molecule has 0 spiro atoms. The Balaban J connectivity index is 1.57. The van der Waals surface area contributed by atoms with Crippen molar-refractivity contribution in [1.29, 1.82) is 0 Å². The van der Waals surface area contributed by atoms with Crippen LogP contribution in [0.2, 0.25) is 5.02 Å². The number of aryl methyl sites for hydroxylation is 1. The molecule has 0 bridgehead atoms. The number of aromatic nitrogens is 3. The fourth-order valence-corrected chi connectivity index (χ4v) is 2.77. The molecule has 1 aliphatic rings. The van der Waals surface area contributed by atoms with Crippen LogP contribution in [-0.4, -0.2) is 34.6 Å². The van der Waals surface area contributed by atoms with Gasteiger partial charge < -0.3 is 9.64 Å². The van der Waals surface area contributed by atoms with E-state index in [-0.39, 0.29) is 0 Å². The fourth-order valence-electron chi connectivity index (χ4n) is 2.67. The van der Waals surface area contributed by atoms with Crippen LogP contribution in [0.3, 0.4) is 0 Å². The molecular formula is C16H19ClN4O. The average Bonchev–Trinajstić information content (AvgIpc) is 2.54. The van der Waals surface area contributed by atoms with Crippen molar-refractivity contribution in [3.05, 3.63) is 41.4 Å². The molecule has 1 fully saturated rings. The number of hydrogen-bond acceptors (Lipinski definition) is 5. The Morgan fingerprint density at radius 2 is 2.14 bits per heavy atom. The molecule has 2 aromatic rings. The molecule has 1 aliphatic heterocycles. The number of nitrogens with zero attached hydrogens (tertiary/aromatic N) is 4. The summed E-state index contributed by atoms with van der Waals surface area (Å²) in [5, 5.41) is 0.564. The molecule has 1 atom stereocenters. The van der Waals surface area contributed by atoms with Crippen LogP contribution in [0.4, 0.5) is 5.95 Å². The van der Waals surface area contributed by atoms with Gasteiger partial charge >= 0.3 is 0 Å². The van der Waals surface area contributed by atoms with E-state index in [9.17, 15) is 0 Å². The third-order valence-corrected chi connectivity index (χ3v) is 3.96. The smallest absolute Gasteiger partial charge is 0.225 e. The van der Waals surface area contributed by atoms with Crippen molar-refractivity contribution in [2.75, 3.05) is 24.6 Å². The first-order chi connectivity index (χ1) is 10.7. The molecule has 0 radical (unpaired) electrons. The number of piperidine rings is 1. The van der Waals surface area contributed by atoms with E-state index in [4.69, 9.17) is 16.3 Å². The van der Waals surface area contributed by atoms with E-state index in [0.29, 0.717) is 17.5 Å². The highest BCUT2D eigenvalue weighted by Crippen LogP contribution is 2.22. The van der Waals surface area contributed by atoms with Gasteiger partial charge in [-0.15, -0.1) is 0 Å². The van der Waals surface area contributed by atoms with Gasteiger partial charge in [0, 0.05) is 37.0 Å². The lowest BCUT2D eigenvalue weighted by atomic mass is 9.99. The highest BCUT2D eigenvalue weighted by Gasteiger charge is 2.22. The molecule has 22 heavy (non-hydrogen) atoms. The first-order valence-electron chi connectivity index (χ1n) is 7.48. The summed E-state index contributed by atoms with van der Waals surface area (Å²) in [7, 11) is 0. The maximum absolute atomic E-state index is 5.90. The zero-order valence-corrected chi connectivity index (χ0v) is 13.3. The zero-order chi connectivity index (χ0) is 15.4. The van der Waals surface area contributed by atoms with Gasteiger partial charge in [0.1, 0.15) is 5.75 Å². The average molecular weight is 319 g/mol. The lowest BCUT2D eigenvalue weighted by Gasteiger charge is -2.32. The standard InChI is InChI=1S/C16H19ClN4O/c1-12-7-15(4-5-18-12)22-11-13-3-2-6-21(10-13)16-19-8-14(17)9-20-16/h4-5,7-9,13H,2-3,6,10-11H2,1H3. The van der Waals surface area contributed by atoms with E-state index >= 15 is 0 Å². The van der Waals surface area contributed by atoms with Gasteiger partial charge in [0.25, 0.3) is 0 Å². The van der Waals surface area contributed by atoms with Gasteiger partial charge in [-0.1, -0.05) is 11.6 Å². The molecule has 0 saturated carbocycles. The van der Waals surface area contributed by atoms with E-state index < -0.39 is 0 Å². The van der Waals surface area contributed by atoms with Crippen molar-refractivity contribution in [1.82, 2.24) is 15.0 Å². The first-order valence-corrected chi connectivity index (χ1v) is 7.86. The van der Waals surface area contributed by atoms with E-state index in [1.807, 2.05) is 19.1 Å². The van der Waals surface area contributed by atoms with E-state index in [1.54, 1.807) is 18.6 Å². The Morgan fingerprint density at radius 3 is 2.91 bits per heavy atom. The molecule has 0 aromatic carbocycles. The SMILES string of the molecule is Cc1cc(OCC2CCCN(c3ncc(Cl)cn3)C2)ccn1. The Hall–Kier alpha value is -1.88. The van der Waals surface area contributed by atoms with Crippen LogP contribution in [-0.2, 0) is 0 Å². The molecule has 0 amide bonds. The van der Waals surface area contributed by atoms with Gasteiger partial charge in [0.2, 0.25) is 5.95 Å². The molecular weight excluding hydrogens is 300 g/mol. The summed E-state index contributed by atoms with van der Waals surface area (Å²) in [6.45, 7) is 4.55. The van der Waals surface area contributed by atoms with Crippen LogP contribution >= 0.6 is 11.6 Å². The quantitative estimate of drug-likeness (QED) is 0.867. The van der Waals surface area contributed by atoms with Crippen LogP contribution in [0.15, 0.2) is 30.7 Å². The summed E-state index contributed by atoms with van der Waals surface area (Å²) in [5.74, 6) is 2.10. The zero-order valence-electron chi connectivity index (χ0n) is 12.6. The summed E-state index contributed by atoms with van der Waals surface area (Å²) in [5.41, 5.74) is 0.970. The first kappa shape index (κ1) is 15.0. The van der Waals surface area contributed by atoms with Gasteiger partial charge in [-0.2, -0.15) is 0 Å². The molecule has 2 aromatic heterocycles. The minimum absolute atomic E-state index is 0.474. The minimum atomic E-state index is 0.474. The summed E-state index contributed by atoms with van der Waals surface area (Å²) < 4.78 is 5.90. The predicted octanol–water partition coefficient (Wildman–Crippen LogP) is 3.13. The van der Waals surface area contributed by atoms with Crippen molar-refractivity contribution in [3.63, 3.8) is 0 Å². The second kappa shape index (κ2) is 6.92. The maximum Gasteiger partial charge on any atom is 0.225 e. The number of ether oxygens (including phenoxy) is 1. The van der Waals surface area contributed by atoms with Gasteiger partial charge in [-0.3, -0.25) is 4.98 Å². The van der Waals surface area contributed by atoms with Crippen molar-refractivity contribution in [2.24, 2.45) is 5.92 Å². The van der Waals surface area contributed by atoms with Crippen molar-refractivity contribution in [3.8, 4) is 5.75 Å². The highest BCUT2D eigenvalue weighted by molar-refractivity contribution is 6.30. The van der Waals surface area contributed by atoms with Crippen molar-refractivity contribution >= 4 is 17.5 Å². The predicted molar refractivity (Wildman–Crippen MR) is 86.4 cm³/mol. The van der Waals surface area contributed by atoms with Crippen LogP contribution in [0, 0.1) is 12.8 Å². The molecule has 5 nitrogen and oxygen atoms in total. The number of anilines is 1. The lowest BCUT2D eigenvalue weighted by molar-refractivity contribution is 0.228. The molecule has 1 saturated heterocycles. The second-order valence-electron chi connectivity index (χ2n) is 5.60. The summed E-state index contributed by atoms with van der Waals surface area (Å²) in [4.78, 5) is 15.0. The van der Waals surface area contributed by atoms with Gasteiger partial charge in [-0.25, -0.2) is 9.97 Å².